The second-order valence-corrected chi connectivity index (χ2v) is 7.43. The van der Waals surface area contributed by atoms with Crippen molar-refractivity contribution in [3.05, 3.63) is 11.1 Å². The molecule has 1 heterocycles. The average Bonchev–Trinajstić information content (AvgIpc) is 2.58. The van der Waals surface area contributed by atoms with Crippen molar-refractivity contribution in [1.82, 2.24) is 9.71 Å². The molecule has 0 spiro atoms. The van der Waals surface area contributed by atoms with Gasteiger partial charge < -0.3 is 10.4 Å². The number of nitrogens with zero attached hydrogens (tertiary/aromatic N) is 1. The standard InChI is InChI=1S/C10H17N3O4S2/c1-10(2,13-19(3,16)17)6-11-9-12-7(5-18-9)4-8(14)15/h5,13H,4,6H2,1-3H3,(H,11,12)(H,14,15). The topological polar surface area (TPSA) is 108 Å². The number of thiazole rings is 1. The molecule has 0 atom stereocenters. The molecule has 108 valence electrons. The van der Waals surface area contributed by atoms with Crippen LogP contribution in [0.25, 0.3) is 0 Å². The van der Waals surface area contributed by atoms with Crippen molar-refractivity contribution in [2.24, 2.45) is 0 Å². The Labute approximate surface area is 116 Å². The van der Waals surface area contributed by atoms with Crippen molar-refractivity contribution in [3.63, 3.8) is 0 Å². The Kier molecular flexibility index (Phi) is 4.88. The third kappa shape index (κ3) is 6.50. The fourth-order valence-electron chi connectivity index (χ4n) is 1.46. The lowest BCUT2D eigenvalue weighted by atomic mass is 10.1. The molecular weight excluding hydrogens is 290 g/mol. The number of aromatic nitrogens is 1. The minimum absolute atomic E-state index is 0.122. The minimum atomic E-state index is -3.28. The van der Waals surface area contributed by atoms with Crippen molar-refractivity contribution in [2.75, 3.05) is 18.1 Å². The zero-order valence-electron chi connectivity index (χ0n) is 10.9. The summed E-state index contributed by atoms with van der Waals surface area (Å²) in [6.07, 6.45) is 0.978. The minimum Gasteiger partial charge on any atom is -0.481 e. The van der Waals surface area contributed by atoms with Gasteiger partial charge >= 0.3 is 5.97 Å². The van der Waals surface area contributed by atoms with Crippen molar-refractivity contribution in [2.45, 2.75) is 25.8 Å². The number of nitrogens with one attached hydrogen (secondary N) is 2. The molecule has 0 saturated carbocycles. The van der Waals surface area contributed by atoms with Crippen LogP contribution in [0, 0.1) is 0 Å². The van der Waals surface area contributed by atoms with Gasteiger partial charge in [0.15, 0.2) is 5.13 Å². The molecule has 1 rings (SSSR count). The molecule has 3 N–H and O–H groups in total. The van der Waals surface area contributed by atoms with Crippen LogP contribution in [-0.4, -0.2) is 42.8 Å². The van der Waals surface area contributed by atoms with Gasteiger partial charge in [-0.25, -0.2) is 18.1 Å². The fourth-order valence-corrected chi connectivity index (χ4v) is 3.24. The molecule has 0 aliphatic heterocycles. The monoisotopic (exact) mass is 307 g/mol. The summed E-state index contributed by atoms with van der Waals surface area (Å²) in [6.45, 7) is 3.83. The Morgan fingerprint density at radius 2 is 2.16 bits per heavy atom. The van der Waals surface area contributed by atoms with E-state index in [-0.39, 0.29) is 6.42 Å². The Morgan fingerprint density at radius 1 is 1.53 bits per heavy atom. The summed E-state index contributed by atoms with van der Waals surface area (Å²) in [5.41, 5.74) is -0.180. The van der Waals surface area contributed by atoms with Gasteiger partial charge in [-0.2, -0.15) is 0 Å². The predicted octanol–water partition coefficient (Wildman–Crippen LogP) is 0.510. The summed E-state index contributed by atoms with van der Waals surface area (Å²) >= 11 is 1.29. The van der Waals surface area contributed by atoms with Crippen LogP contribution >= 0.6 is 11.3 Å². The van der Waals surface area contributed by atoms with E-state index in [1.165, 1.54) is 11.3 Å². The molecule has 9 heteroatoms. The van der Waals surface area contributed by atoms with Crippen LogP contribution in [0.15, 0.2) is 5.38 Å². The van der Waals surface area contributed by atoms with Crippen LogP contribution in [0.1, 0.15) is 19.5 Å². The highest BCUT2D eigenvalue weighted by molar-refractivity contribution is 7.88. The van der Waals surface area contributed by atoms with E-state index in [0.29, 0.717) is 17.4 Å². The van der Waals surface area contributed by atoms with E-state index < -0.39 is 21.5 Å². The van der Waals surface area contributed by atoms with Crippen molar-refractivity contribution in [3.8, 4) is 0 Å². The maximum absolute atomic E-state index is 11.2. The number of anilines is 1. The van der Waals surface area contributed by atoms with E-state index in [2.05, 4.69) is 15.0 Å². The number of aliphatic carboxylic acids is 1. The van der Waals surface area contributed by atoms with Gasteiger partial charge in [0.05, 0.1) is 18.4 Å². The second-order valence-electron chi connectivity index (χ2n) is 4.83. The van der Waals surface area contributed by atoms with Crippen molar-refractivity contribution < 1.29 is 18.3 Å². The van der Waals surface area contributed by atoms with Gasteiger partial charge in [0, 0.05) is 17.5 Å². The maximum Gasteiger partial charge on any atom is 0.309 e. The predicted molar refractivity (Wildman–Crippen MR) is 74.0 cm³/mol. The molecule has 0 fully saturated rings. The largest absolute Gasteiger partial charge is 0.481 e. The number of hydrogen-bond donors (Lipinski definition) is 3. The first-order valence-corrected chi connectivity index (χ1v) is 8.23. The Hall–Kier alpha value is -1.19. The zero-order chi connectivity index (χ0) is 14.7. The maximum atomic E-state index is 11.2. The number of carboxylic acids is 1. The first-order chi connectivity index (χ1) is 8.57. The smallest absolute Gasteiger partial charge is 0.309 e. The molecule has 1 aromatic rings. The molecular formula is C10H17N3O4S2. The second kappa shape index (κ2) is 5.85. The third-order valence-corrected chi connectivity index (χ3v) is 3.80. The summed E-state index contributed by atoms with van der Waals surface area (Å²) in [4.78, 5) is 14.6. The molecule has 0 aromatic carbocycles. The highest BCUT2D eigenvalue weighted by atomic mass is 32.2. The number of rotatable bonds is 7. The quantitative estimate of drug-likeness (QED) is 0.677. The lowest BCUT2D eigenvalue weighted by Gasteiger charge is -2.25. The van der Waals surface area contributed by atoms with E-state index in [4.69, 9.17) is 5.11 Å². The molecule has 0 radical (unpaired) electrons. The normalized spacial score (nSPS) is 12.4. The number of carbonyl (C=O) groups is 1. The molecule has 7 nitrogen and oxygen atoms in total. The highest BCUT2D eigenvalue weighted by Crippen LogP contribution is 2.17. The first kappa shape index (κ1) is 15.9. The molecule has 0 amide bonds. The summed E-state index contributed by atoms with van der Waals surface area (Å²) < 4.78 is 24.8. The molecule has 0 aliphatic rings. The lowest BCUT2D eigenvalue weighted by molar-refractivity contribution is -0.136. The van der Waals surface area contributed by atoms with E-state index in [9.17, 15) is 13.2 Å². The van der Waals surface area contributed by atoms with Gasteiger partial charge in [-0.05, 0) is 13.8 Å². The Bertz CT molecular complexity index is 551. The molecule has 1 aromatic heterocycles. The highest BCUT2D eigenvalue weighted by Gasteiger charge is 2.22. The van der Waals surface area contributed by atoms with Crippen LogP contribution in [0.3, 0.4) is 0 Å². The molecule has 0 bridgehead atoms. The van der Waals surface area contributed by atoms with Crippen LogP contribution in [0.5, 0.6) is 0 Å². The lowest BCUT2D eigenvalue weighted by Crippen LogP contribution is -2.47. The van der Waals surface area contributed by atoms with Gasteiger partial charge in [0.2, 0.25) is 10.0 Å². The van der Waals surface area contributed by atoms with E-state index in [0.717, 1.165) is 6.26 Å². The van der Waals surface area contributed by atoms with Crippen molar-refractivity contribution in [1.29, 1.82) is 0 Å². The first-order valence-electron chi connectivity index (χ1n) is 5.46. The van der Waals surface area contributed by atoms with Crippen molar-refractivity contribution >= 4 is 32.5 Å². The number of hydrogen-bond acceptors (Lipinski definition) is 6. The summed E-state index contributed by atoms with van der Waals surface area (Å²) in [6, 6.07) is 0. The van der Waals surface area contributed by atoms with E-state index >= 15 is 0 Å². The molecule has 19 heavy (non-hydrogen) atoms. The van der Waals surface area contributed by atoms with Crippen LogP contribution in [0.2, 0.25) is 0 Å². The summed E-state index contributed by atoms with van der Waals surface area (Å²) in [7, 11) is -3.28. The Morgan fingerprint density at radius 3 is 2.68 bits per heavy atom. The van der Waals surface area contributed by atoms with Gasteiger partial charge in [-0.3, -0.25) is 4.79 Å². The van der Waals surface area contributed by atoms with Gasteiger partial charge in [-0.1, -0.05) is 0 Å². The van der Waals surface area contributed by atoms with E-state index in [1.54, 1.807) is 19.2 Å². The number of carboxylic acid groups (broad SMARTS) is 1. The molecule has 0 saturated heterocycles. The fraction of sp³-hybridized carbons (Fsp3) is 0.600. The third-order valence-electron chi connectivity index (χ3n) is 2.03. The summed E-state index contributed by atoms with van der Waals surface area (Å²) in [5, 5.41) is 13.8. The number of sulfonamides is 1. The SMILES string of the molecule is CC(C)(CNc1nc(CC(=O)O)cs1)NS(C)(=O)=O. The van der Waals surface area contributed by atoms with Crippen LogP contribution < -0.4 is 10.0 Å². The van der Waals surface area contributed by atoms with Crippen LogP contribution in [0.4, 0.5) is 5.13 Å². The average molecular weight is 307 g/mol. The Balaban J connectivity index is 2.56. The zero-order valence-corrected chi connectivity index (χ0v) is 12.6. The van der Waals surface area contributed by atoms with Gasteiger partial charge in [0.25, 0.3) is 0 Å². The summed E-state index contributed by atoms with van der Waals surface area (Å²) in [5.74, 6) is -0.934. The molecule has 0 unspecified atom stereocenters. The van der Waals surface area contributed by atoms with E-state index in [1.807, 2.05) is 0 Å². The van der Waals surface area contributed by atoms with Gasteiger partial charge in [-0.15, -0.1) is 11.3 Å². The van der Waals surface area contributed by atoms with Gasteiger partial charge in [0.1, 0.15) is 0 Å². The van der Waals surface area contributed by atoms with Crippen LogP contribution in [-0.2, 0) is 21.2 Å². The molecule has 0 aliphatic carbocycles.